The molecular formula is C18H31N3. The van der Waals surface area contributed by atoms with E-state index in [-0.39, 0.29) is 6.04 Å². The fourth-order valence-corrected chi connectivity index (χ4v) is 3.62. The van der Waals surface area contributed by atoms with Gasteiger partial charge in [-0.2, -0.15) is 0 Å². The number of nitrogens with two attached hydrogens (primary N) is 1. The number of hydrogen-bond donors (Lipinski definition) is 1. The van der Waals surface area contributed by atoms with Crippen molar-refractivity contribution < 1.29 is 0 Å². The van der Waals surface area contributed by atoms with E-state index in [4.69, 9.17) is 5.73 Å². The molecule has 3 unspecified atom stereocenters. The molecule has 1 saturated heterocycles. The Labute approximate surface area is 130 Å². The monoisotopic (exact) mass is 289 g/mol. The molecule has 1 heterocycles. The van der Waals surface area contributed by atoms with Crippen LogP contribution in [0.3, 0.4) is 0 Å². The lowest BCUT2D eigenvalue weighted by Gasteiger charge is -2.46. The molecule has 1 aromatic carbocycles. The molecule has 0 aromatic heterocycles. The van der Waals surface area contributed by atoms with Crippen molar-refractivity contribution in [3.8, 4) is 0 Å². The van der Waals surface area contributed by atoms with Gasteiger partial charge in [0.25, 0.3) is 0 Å². The second kappa shape index (κ2) is 7.39. The third-order valence-electron chi connectivity index (χ3n) is 4.94. The van der Waals surface area contributed by atoms with E-state index in [2.05, 4.69) is 68.0 Å². The summed E-state index contributed by atoms with van der Waals surface area (Å²) in [6.07, 6.45) is 1.21. The van der Waals surface area contributed by atoms with E-state index in [1.165, 1.54) is 12.0 Å². The van der Waals surface area contributed by atoms with Crippen molar-refractivity contribution in [2.24, 2.45) is 11.7 Å². The van der Waals surface area contributed by atoms with Crippen LogP contribution in [0.1, 0.15) is 38.8 Å². The molecule has 0 bridgehead atoms. The second-order valence-electron chi connectivity index (χ2n) is 6.71. The van der Waals surface area contributed by atoms with Crippen LogP contribution in [0.5, 0.6) is 0 Å². The SMILES string of the molecule is CCC1CN(C(C(C)C)C(N)c2ccccc2)CCN1C. The zero-order valence-corrected chi connectivity index (χ0v) is 14.0. The van der Waals surface area contributed by atoms with Gasteiger partial charge in [0.15, 0.2) is 0 Å². The topological polar surface area (TPSA) is 32.5 Å². The summed E-state index contributed by atoms with van der Waals surface area (Å²) in [5, 5.41) is 0. The summed E-state index contributed by atoms with van der Waals surface area (Å²) in [5.41, 5.74) is 7.89. The van der Waals surface area contributed by atoms with Crippen LogP contribution in [0.2, 0.25) is 0 Å². The molecule has 3 atom stereocenters. The number of rotatable bonds is 5. The van der Waals surface area contributed by atoms with Crippen molar-refractivity contribution in [3.63, 3.8) is 0 Å². The molecule has 1 aromatic rings. The maximum Gasteiger partial charge on any atom is 0.0455 e. The predicted octanol–water partition coefficient (Wildman–Crippen LogP) is 2.74. The van der Waals surface area contributed by atoms with Crippen molar-refractivity contribution in [3.05, 3.63) is 35.9 Å². The lowest BCUT2D eigenvalue weighted by molar-refractivity contribution is 0.0363. The third kappa shape index (κ3) is 3.85. The average molecular weight is 289 g/mol. The summed E-state index contributed by atoms with van der Waals surface area (Å²) in [6.45, 7) is 10.3. The van der Waals surface area contributed by atoms with Crippen LogP contribution in [-0.4, -0.2) is 48.6 Å². The molecule has 3 nitrogen and oxygen atoms in total. The van der Waals surface area contributed by atoms with Gasteiger partial charge in [-0.3, -0.25) is 4.90 Å². The molecule has 3 heteroatoms. The molecule has 1 fully saturated rings. The fraction of sp³-hybridized carbons (Fsp3) is 0.667. The molecule has 0 saturated carbocycles. The van der Waals surface area contributed by atoms with Gasteiger partial charge in [0, 0.05) is 37.8 Å². The third-order valence-corrected chi connectivity index (χ3v) is 4.94. The van der Waals surface area contributed by atoms with E-state index in [0.717, 1.165) is 19.6 Å². The zero-order chi connectivity index (χ0) is 15.4. The lowest BCUT2D eigenvalue weighted by Crippen LogP contribution is -2.57. The van der Waals surface area contributed by atoms with Gasteiger partial charge >= 0.3 is 0 Å². The highest BCUT2D eigenvalue weighted by atomic mass is 15.3. The standard InChI is InChI=1S/C18H31N3/c1-5-16-13-21(12-11-20(16)4)18(14(2)3)17(19)15-9-7-6-8-10-15/h6-10,14,16-18H,5,11-13,19H2,1-4H3. The molecule has 0 amide bonds. The van der Waals surface area contributed by atoms with Gasteiger partial charge in [-0.05, 0) is 24.9 Å². The number of benzene rings is 1. The normalized spacial score (nSPS) is 24.2. The molecule has 1 aliphatic rings. The quantitative estimate of drug-likeness (QED) is 0.904. The van der Waals surface area contributed by atoms with Crippen molar-refractivity contribution in [2.45, 2.75) is 45.3 Å². The molecule has 21 heavy (non-hydrogen) atoms. The van der Waals surface area contributed by atoms with Crippen LogP contribution in [-0.2, 0) is 0 Å². The molecule has 118 valence electrons. The first kappa shape index (κ1) is 16.5. The molecule has 2 N–H and O–H groups in total. The number of likely N-dealkylation sites (N-methyl/N-ethyl adjacent to an activating group) is 1. The van der Waals surface area contributed by atoms with Crippen LogP contribution in [0, 0.1) is 5.92 Å². The highest BCUT2D eigenvalue weighted by Crippen LogP contribution is 2.27. The van der Waals surface area contributed by atoms with Gasteiger partial charge in [-0.15, -0.1) is 0 Å². The summed E-state index contributed by atoms with van der Waals surface area (Å²) < 4.78 is 0. The molecule has 0 aliphatic carbocycles. The number of nitrogens with zero attached hydrogens (tertiary/aromatic N) is 2. The summed E-state index contributed by atoms with van der Waals surface area (Å²) in [7, 11) is 2.24. The van der Waals surface area contributed by atoms with Gasteiger partial charge in [0.1, 0.15) is 0 Å². The molecule has 2 rings (SSSR count). The van der Waals surface area contributed by atoms with Crippen LogP contribution in [0.4, 0.5) is 0 Å². The Morgan fingerprint density at radius 1 is 1.19 bits per heavy atom. The minimum absolute atomic E-state index is 0.0899. The van der Waals surface area contributed by atoms with Gasteiger partial charge in [-0.25, -0.2) is 0 Å². The van der Waals surface area contributed by atoms with Crippen LogP contribution >= 0.6 is 0 Å². The summed E-state index contributed by atoms with van der Waals surface area (Å²) >= 11 is 0. The molecular weight excluding hydrogens is 258 g/mol. The van der Waals surface area contributed by atoms with Gasteiger partial charge < -0.3 is 10.6 Å². The Kier molecular flexibility index (Phi) is 5.80. The summed E-state index contributed by atoms with van der Waals surface area (Å²) in [4.78, 5) is 5.11. The highest BCUT2D eigenvalue weighted by Gasteiger charge is 2.33. The van der Waals surface area contributed by atoms with Crippen molar-refractivity contribution in [2.75, 3.05) is 26.7 Å². The first-order valence-corrected chi connectivity index (χ1v) is 8.29. The number of piperazine rings is 1. The van der Waals surface area contributed by atoms with Crippen LogP contribution in [0.15, 0.2) is 30.3 Å². The predicted molar refractivity (Wildman–Crippen MR) is 90.3 cm³/mol. The van der Waals surface area contributed by atoms with E-state index < -0.39 is 0 Å². The van der Waals surface area contributed by atoms with E-state index >= 15 is 0 Å². The van der Waals surface area contributed by atoms with Gasteiger partial charge in [0.2, 0.25) is 0 Å². The first-order chi connectivity index (χ1) is 10.0. The second-order valence-corrected chi connectivity index (χ2v) is 6.71. The van der Waals surface area contributed by atoms with Crippen molar-refractivity contribution in [1.82, 2.24) is 9.80 Å². The molecule has 1 aliphatic heterocycles. The largest absolute Gasteiger partial charge is 0.323 e. The maximum absolute atomic E-state index is 6.64. The van der Waals surface area contributed by atoms with E-state index in [1.807, 2.05) is 0 Å². The average Bonchev–Trinajstić information content (AvgIpc) is 2.49. The van der Waals surface area contributed by atoms with E-state index in [0.29, 0.717) is 18.0 Å². The highest BCUT2D eigenvalue weighted by molar-refractivity contribution is 5.20. The van der Waals surface area contributed by atoms with Crippen LogP contribution < -0.4 is 5.73 Å². The maximum atomic E-state index is 6.64. The Morgan fingerprint density at radius 3 is 2.43 bits per heavy atom. The van der Waals surface area contributed by atoms with Gasteiger partial charge in [0.05, 0.1) is 0 Å². The Balaban J connectivity index is 2.15. The minimum atomic E-state index is 0.0899. The fourth-order valence-electron chi connectivity index (χ4n) is 3.62. The molecule has 0 spiro atoms. The number of hydrogen-bond acceptors (Lipinski definition) is 3. The van der Waals surface area contributed by atoms with E-state index in [9.17, 15) is 0 Å². The molecule has 0 radical (unpaired) electrons. The van der Waals surface area contributed by atoms with Crippen molar-refractivity contribution >= 4 is 0 Å². The van der Waals surface area contributed by atoms with E-state index in [1.54, 1.807) is 0 Å². The Hall–Kier alpha value is -0.900. The lowest BCUT2D eigenvalue weighted by atomic mass is 9.89. The van der Waals surface area contributed by atoms with Gasteiger partial charge in [-0.1, -0.05) is 51.1 Å². The summed E-state index contributed by atoms with van der Waals surface area (Å²) in [6, 6.07) is 11.7. The Morgan fingerprint density at radius 2 is 1.86 bits per heavy atom. The summed E-state index contributed by atoms with van der Waals surface area (Å²) in [5.74, 6) is 0.557. The Bertz CT molecular complexity index is 418. The van der Waals surface area contributed by atoms with Crippen LogP contribution in [0.25, 0.3) is 0 Å². The first-order valence-electron chi connectivity index (χ1n) is 8.29. The van der Waals surface area contributed by atoms with Crippen molar-refractivity contribution in [1.29, 1.82) is 0 Å². The smallest absolute Gasteiger partial charge is 0.0455 e. The minimum Gasteiger partial charge on any atom is -0.323 e. The zero-order valence-electron chi connectivity index (χ0n) is 14.0.